The number of carbonyl (C=O) groups excluding carboxylic acids is 1. The van der Waals surface area contributed by atoms with E-state index in [4.69, 9.17) is 0 Å². The van der Waals surface area contributed by atoms with E-state index in [9.17, 15) is 4.79 Å². The number of hydrogen-bond donors (Lipinski definition) is 1. The van der Waals surface area contributed by atoms with E-state index in [2.05, 4.69) is 19.2 Å². The summed E-state index contributed by atoms with van der Waals surface area (Å²) in [6, 6.07) is 0.490. The molecule has 0 unspecified atom stereocenters. The molecule has 1 aliphatic carbocycles. The molecule has 26 heavy (non-hydrogen) atoms. The minimum Gasteiger partial charge on any atom is -0.353 e. The van der Waals surface area contributed by atoms with Crippen molar-refractivity contribution in [2.24, 2.45) is 5.92 Å². The molecule has 1 aliphatic rings. The first kappa shape index (κ1) is 23.5. The van der Waals surface area contributed by atoms with Gasteiger partial charge in [-0.2, -0.15) is 0 Å². The maximum Gasteiger partial charge on any atom is 0.220 e. The Kier molecular flexibility index (Phi) is 15.0. The fourth-order valence-corrected chi connectivity index (χ4v) is 4.14. The van der Waals surface area contributed by atoms with Gasteiger partial charge in [0.1, 0.15) is 0 Å². The Hall–Kier alpha value is -0.530. The maximum absolute atomic E-state index is 11.9. The lowest BCUT2D eigenvalue weighted by molar-refractivity contribution is -0.122. The van der Waals surface area contributed by atoms with Crippen molar-refractivity contribution in [1.82, 2.24) is 5.32 Å². The van der Waals surface area contributed by atoms with E-state index in [1.807, 2.05) is 0 Å². The van der Waals surface area contributed by atoms with Gasteiger partial charge in [0.05, 0.1) is 0 Å². The summed E-state index contributed by atoms with van der Waals surface area (Å²) in [5.41, 5.74) is 0. The van der Waals surface area contributed by atoms with Crippen LogP contribution in [0.2, 0.25) is 0 Å². The quantitative estimate of drug-likeness (QED) is 0.249. The van der Waals surface area contributed by atoms with Crippen LogP contribution in [0.3, 0.4) is 0 Å². The van der Waals surface area contributed by atoms with Gasteiger partial charge < -0.3 is 5.32 Å². The van der Waals surface area contributed by atoms with Gasteiger partial charge in [-0.15, -0.1) is 0 Å². The molecule has 2 heteroatoms. The average molecular weight is 366 g/mol. The topological polar surface area (TPSA) is 29.1 Å². The van der Waals surface area contributed by atoms with Crippen LogP contribution in [0.1, 0.15) is 136 Å². The molecule has 0 atom stereocenters. The van der Waals surface area contributed by atoms with Crippen LogP contribution in [0.15, 0.2) is 0 Å². The second kappa shape index (κ2) is 16.6. The highest BCUT2D eigenvalue weighted by Crippen LogP contribution is 2.29. The summed E-state index contributed by atoms with van der Waals surface area (Å²) in [5, 5.41) is 3.19. The molecule has 0 spiro atoms. The first-order valence-electron chi connectivity index (χ1n) is 12.1. The summed E-state index contributed by atoms with van der Waals surface area (Å²) in [5.74, 6) is 1.16. The molecule has 1 saturated carbocycles. The second-order valence-corrected chi connectivity index (χ2v) is 8.71. The molecular weight excluding hydrogens is 318 g/mol. The zero-order valence-electron chi connectivity index (χ0n) is 18.0. The van der Waals surface area contributed by atoms with Gasteiger partial charge in [0.2, 0.25) is 5.91 Å². The molecule has 1 amide bonds. The largest absolute Gasteiger partial charge is 0.353 e. The van der Waals surface area contributed by atoms with Gasteiger partial charge in [-0.1, -0.05) is 110 Å². The van der Waals surface area contributed by atoms with Crippen LogP contribution in [0.4, 0.5) is 0 Å². The maximum atomic E-state index is 11.9. The van der Waals surface area contributed by atoms with Crippen molar-refractivity contribution in [1.29, 1.82) is 0 Å². The first-order chi connectivity index (χ1) is 12.8. The number of rotatable bonds is 18. The molecular formula is C24H47NO. The lowest BCUT2D eigenvalue weighted by atomic mass is 9.78. The first-order valence-corrected chi connectivity index (χ1v) is 12.1. The fraction of sp³-hybridized carbons (Fsp3) is 0.958. The highest BCUT2D eigenvalue weighted by atomic mass is 16.1. The minimum atomic E-state index is 0.291. The van der Waals surface area contributed by atoms with Crippen LogP contribution in [0.25, 0.3) is 0 Å². The standard InChI is InChI=1S/C24H47NO/c1-3-5-6-7-8-9-10-11-12-13-14-15-16-17-18-19-24(26)25-23-20-22(4-2)21-23/h22-23H,3-21H2,1-2H3,(H,25,26). The van der Waals surface area contributed by atoms with Crippen molar-refractivity contribution in [2.75, 3.05) is 0 Å². The Labute approximate surface area is 164 Å². The summed E-state index contributed by atoms with van der Waals surface area (Å²) in [4.78, 5) is 11.9. The number of amides is 1. The van der Waals surface area contributed by atoms with Crippen molar-refractivity contribution < 1.29 is 4.79 Å². The molecule has 0 radical (unpaired) electrons. The normalized spacial score (nSPS) is 19.3. The second-order valence-electron chi connectivity index (χ2n) is 8.71. The van der Waals surface area contributed by atoms with E-state index >= 15 is 0 Å². The third-order valence-electron chi connectivity index (χ3n) is 6.19. The van der Waals surface area contributed by atoms with Gasteiger partial charge in [0.15, 0.2) is 0 Å². The highest BCUT2D eigenvalue weighted by Gasteiger charge is 2.28. The van der Waals surface area contributed by atoms with Crippen molar-refractivity contribution in [3.8, 4) is 0 Å². The monoisotopic (exact) mass is 365 g/mol. The van der Waals surface area contributed by atoms with Crippen molar-refractivity contribution in [2.45, 2.75) is 142 Å². The lowest BCUT2D eigenvalue weighted by Gasteiger charge is -2.35. The predicted octanol–water partition coefficient (Wildman–Crippen LogP) is 7.55. The molecule has 1 fully saturated rings. The Bertz CT molecular complexity index is 322. The number of unbranched alkanes of at least 4 members (excludes halogenated alkanes) is 14. The van der Waals surface area contributed by atoms with E-state index < -0.39 is 0 Å². The molecule has 2 nitrogen and oxygen atoms in total. The molecule has 1 N–H and O–H groups in total. The number of hydrogen-bond acceptors (Lipinski definition) is 1. The van der Waals surface area contributed by atoms with Crippen molar-refractivity contribution >= 4 is 5.91 Å². The molecule has 0 heterocycles. The lowest BCUT2D eigenvalue weighted by Crippen LogP contribution is -2.44. The fourth-order valence-electron chi connectivity index (χ4n) is 4.14. The zero-order chi connectivity index (χ0) is 18.9. The summed E-state index contributed by atoms with van der Waals surface area (Å²) >= 11 is 0. The SMILES string of the molecule is CCCCCCCCCCCCCCCCCC(=O)NC1CC(CC)C1. The van der Waals surface area contributed by atoms with E-state index in [-0.39, 0.29) is 0 Å². The third-order valence-corrected chi connectivity index (χ3v) is 6.19. The Balaban J connectivity index is 1.71. The van der Waals surface area contributed by atoms with Crippen LogP contribution >= 0.6 is 0 Å². The molecule has 154 valence electrons. The van der Waals surface area contributed by atoms with Crippen molar-refractivity contribution in [3.05, 3.63) is 0 Å². The van der Waals surface area contributed by atoms with E-state index in [1.165, 1.54) is 109 Å². The average Bonchev–Trinajstić information content (AvgIpc) is 2.61. The molecule has 0 aromatic heterocycles. The highest BCUT2D eigenvalue weighted by molar-refractivity contribution is 5.76. The zero-order valence-corrected chi connectivity index (χ0v) is 18.0. The molecule has 0 saturated heterocycles. The minimum absolute atomic E-state index is 0.291. The smallest absolute Gasteiger partial charge is 0.220 e. The van der Waals surface area contributed by atoms with Gasteiger partial charge >= 0.3 is 0 Å². The van der Waals surface area contributed by atoms with Gasteiger partial charge in [-0.3, -0.25) is 4.79 Å². The van der Waals surface area contributed by atoms with Crippen LogP contribution in [0.5, 0.6) is 0 Å². The van der Waals surface area contributed by atoms with Gasteiger partial charge in [0, 0.05) is 12.5 Å². The molecule has 0 aliphatic heterocycles. The molecule has 0 aromatic carbocycles. The van der Waals surface area contributed by atoms with Crippen LogP contribution in [0, 0.1) is 5.92 Å². The van der Waals surface area contributed by atoms with E-state index in [0.29, 0.717) is 11.9 Å². The number of nitrogens with one attached hydrogen (secondary N) is 1. The van der Waals surface area contributed by atoms with E-state index in [1.54, 1.807) is 0 Å². The summed E-state index contributed by atoms with van der Waals surface area (Å²) in [6.07, 6.45) is 25.1. The Morgan fingerprint density at radius 1 is 0.692 bits per heavy atom. The van der Waals surface area contributed by atoms with Gasteiger partial charge in [-0.25, -0.2) is 0 Å². The summed E-state index contributed by atoms with van der Waals surface area (Å²) in [6.45, 7) is 4.53. The van der Waals surface area contributed by atoms with Crippen LogP contribution in [-0.2, 0) is 4.79 Å². The molecule has 0 aromatic rings. The van der Waals surface area contributed by atoms with Gasteiger partial charge in [0.25, 0.3) is 0 Å². The third kappa shape index (κ3) is 12.8. The van der Waals surface area contributed by atoms with Crippen LogP contribution < -0.4 is 5.32 Å². The summed E-state index contributed by atoms with van der Waals surface area (Å²) < 4.78 is 0. The molecule has 1 rings (SSSR count). The Morgan fingerprint density at radius 2 is 1.12 bits per heavy atom. The summed E-state index contributed by atoms with van der Waals surface area (Å²) in [7, 11) is 0. The number of carbonyl (C=O) groups is 1. The predicted molar refractivity (Wildman–Crippen MR) is 114 cm³/mol. The van der Waals surface area contributed by atoms with Crippen molar-refractivity contribution in [3.63, 3.8) is 0 Å². The molecule has 0 bridgehead atoms. The Morgan fingerprint density at radius 3 is 1.54 bits per heavy atom. The van der Waals surface area contributed by atoms with E-state index in [0.717, 1.165) is 18.8 Å². The van der Waals surface area contributed by atoms with Crippen LogP contribution in [-0.4, -0.2) is 11.9 Å². The van der Waals surface area contributed by atoms with Gasteiger partial charge in [-0.05, 0) is 25.2 Å².